The molecular formula is C14H20N2O3. The number of hydrogen-bond acceptors (Lipinski definition) is 4. The normalized spacial score (nSPS) is 12.1. The molecule has 1 amide bonds. The molecule has 1 atom stereocenters. The summed E-state index contributed by atoms with van der Waals surface area (Å²) in [7, 11) is 3.83. The lowest BCUT2D eigenvalue weighted by atomic mass is 10.1. The monoisotopic (exact) mass is 264 g/mol. The number of Topliss-reactive ketones (excluding diaryl/α,β-unsaturated/α-hetero) is 1. The van der Waals surface area contributed by atoms with Crippen LogP contribution in [0.25, 0.3) is 0 Å². The molecule has 1 aromatic carbocycles. The van der Waals surface area contributed by atoms with Crippen LogP contribution >= 0.6 is 0 Å². The fourth-order valence-corrected chi connectivity index (χ4v) is 1.67. The van der Waals surface area contributed by atoms with E-state index in [1.165, 1.54) is 6.92 Å². The molecule has 1 N–H and O–H groups in total. The number of benzene rings is 1. The Morgan fingerprint density at radius 3 is 2.32 bits per heavy atom. The van der Waals surface area contributed by atoms with Gasteiger partial charge in [-0.3, -0.25) is 10.1 Å². The van der Waals surface area contributed by atoms with Crippen molar-refractivity contribution in [2.45, 2.75) is 20.0 Å². The highest BCUT2D eigenvalue weighted by molar-refractivity contribution is 5.94. The number of carbonyl (C=O) groups excluding carboxylic acids is 2. The SMILES string of the molecule is CC(=O)c1ccc(NC(=O)OC(C)CN(C)C)cc1. The summed E-state index contributed by atoms with van der Waals surface area (Å²) in [5.41, 5.74) is 1.21. The maximum absolute atomic E-state index is 11.6. The predicted molar refractivity (Wildman–Crippen MR) is 74.6 cm³/mol. The van der Waals surface area contributed by atoms with E-state index in [0.29, 0.717) is 17.8 Å². The van der Waals surface area contributed by atoms with Gasteiger partial charge in [-0.25, -0.2) is 4.79 Å². The summed E-state index contributed by atoms with van der Waals surface area (Å²) in [6.45, 7) is 3.99. The van der Waals surface area contributed by atoms with Crippen molar-refractivity contribution in [1.82, 2.24) is 4.90 Å². The van der Waals surface area contributed by atoms with E-state index in [9.17, 15) is 9.59 Å². The van der Waals surface area contributed by atoms with Gasteiger partial charge < -0.3 is 9.64 Å². The van der Waals surface area contributed by atoms with Gasteiger partial charge in [0.2, 0.25) is 0 Å². The summed E-state index contributed by atoms with van der Waals surface area (Å²) < 4.78 is 5.18. The second kappa shape index (κ2) is 6.89. The van der Waals surface area contributed by atoms with Crippen LogP contribution in [0.15, 0.2) is 24.3 Å². The van der Waals surface area contributed by atoms with Crippen molar-refractivity contribution in [2.75, 3.05) is 26.0 Å². The van der Waals surface area contributed by atoms with Crippen molar-refractivity contribution in [3.8, 4) is 0 Å². The van der Waals surface area contributed by atoms with Crippen molar-refractivity contribution < 1.29 is 14.3 Å². The second-order valence-corrected chi connectivity index (χ2v) is 4.74. The Kier molecular flexibility index (Phi) is 5.51. The van der Waals surface area contributed by atoms with Crippen molar-refractivity contribution in [1.29, 1.82) is 0 Å². The molecule has 0 heterocycles. The van der Waals surface area contributed by atoms with E-state index < -0.39 is 6.09 Å². The van der Waals surface area contributed by atoms with Crippen LogP contribution in [0, 0.1) is 0 Å². The molecule has 104 valence electrons. The first-order valence-corrected chi connectivity index (χ1v) is 6.12. The van der Waals surface area contributed by atoms with Crippen LogP contribution in [0.2, 0.25) is 0 Å². The molecule has 1 unspecified atom stereocenters. The molecule has 0 saturated heterocycles. The Balaban J connectivity index is 2.50. The number of nitrogens with one attached hydrogen (secondary N) is 1. The Morgan fingerprint density at radius 2 is 1.84 bits per heavy atom. The average molecular weight is 264 g/mol. The van der Waals surface area contributed by atoms with Crippen molar-refractivity contribution in [3.63, 3.8) is 0 Å². The fourth-order valence-electron chi connectivity index (χ4n) is 1.67. The quantitative estimate of drug-likeness (QED) is 0.830. The van der Waals surface area contributed by atoms with Gasteiger partial charge in [0.1, 0.15) is 6.10 Å². The van der Waals surface area contributed by atoms with Gasteiger partial charge >= 0.3 is 6.09 Å². The molecule has 19 heavy (non-hydrogen) atoms. The lowest BCUT2D eigenvalue weighted by Crippen LogP contribution is -2.29. The summed E-state index contributed by atoms with van der Waals surface area (Å²) in [5, 5.41) is 2.62. The van der Waals surface area contributed by atoms with Crippen LogP contribution in [0.3, 0.4) is 0 Å². The molecule has 1 rings (SSSR count). The van der Waals surface area contributed by atoms with E-state index in [1.54, 1.807) is 24.3 Å². The van der Waals surface area contributed by atoms with Gasteiger partial charge in [-0.15, -0.1) is 0 Å². The summed E-state index contributed by atoms with van der Waals surface area (Å²) in [6.07, 6.45) is -0.684. The first kappa shape index (κ1) is 15.2. The van der Waals surface area contributed by atoms with E-state index in [0.717, 1.165) is 0 Å². The molecule has 0 saturated carbocycles. The van der Waals surface area contributed by atoms with Gasteiger partial charge in [-0.05, 0) is 52.2 Å². The second-order valence-electron chi connectivity index (χ2n) is 4.74. The summed E-state index contributed by atoms with van der Waals surface area (Å²) >= 11 is 0. The maximum atomic E-state index is 11.6. The number of amides is 1. The number of rotatable bonds is 5. The number of ether oxygens (including phenoxy) is 1. The minimum Gasteiger partial charge on any atom is -0.445 e. The maximum Gasteiger partial charge on any atom is 0.411 e. The van der Waals surface area contributed by atoms with Gasteiger partial charge in [0.25, 0.3) is 0 Å². The smallest absolute Gasteiger partial charge is 0.411 e. The molecule has 0 radical (unpaired) electrons. The third kappa shape index (κ3) is 5.52. The van der Waals surface area contributed by atoms with Crippen molar-refractivity contribution >= 4 is 17.6 Å². The highest BCUT2D eigenvalue weighted by atomic mass is 16.6. The van der Waals surface area contributed by atoms with E-state index in [-0.39, 0.29) is 11.9 Å². The molecular weight excluding hydrogens is 244 g/mol. The Morgan fingerprint density at radius 1 is 1.26 bits per heavy atom. The van der Waals surface area contributed by atoms with Gasteiger partial charge in [-0.2, -0.15) is 0 Å². The molecule has 5 heteroatoms. The molecule has 0 bridgehead atoms. The Bertz CT molecular complexity index is 441. The Hall–Kier alpha value is -1.88. The molecule has 0 aliphatic rings. The lowest BCUT2D eigenvalue weighted by molar-refractivity contribution is 0.101. The molecule has 1 aromatic rings. The van der Waals surface area contributed by atoms with E-state index in [2.05, 4.69) is 5.32 Å². The standard InChI is InChI=1S/C14H20N2O3/c1-10(9-16(3)4)19-14(18)15-13-7-5-12(6-8-13)11(2)17/h5-8,10H,9H2,1-4H3,(H,15,18). The van der Waals surface area contributed by atoms with Crippen LogP contribution in [0.4, 0.5) is 10.5 Å². The number of anilines is 1. The predicted octanol–water partition coefficient (Wildman–Crippen LogP) is 2.39. The van der Waals surface area contributed by atoms with Crippen LogP contribution in [-0.2, 0) is 4.74 Å². The third-order valence-electron chi connectivity index (χ3n) is 2.47. The summed E-state index contributed by atoms with van der Waals surface area (Å²) in [5.74, 6) is -0.00580. The molecule has 0 aromatic heterocycles. The number of likely N-dealkylation sites (N-methyl/N-ethyl adjacent to an activating group) is 1. The number of ketones is 1. The van der Waals surface area contributed by atoms with Gasteiger partial charge in [0, 0.05) is 17.8 Å². The molecule has 0 fully saturated rings. The summed E-state index contributed by atoms with van der Waals surface area (Å²) in [4.78, 5) is 24.7. The van der Waals surface area contributed by atoms with Gasteiger partial charge in [-0.1, -0.05) is 0 Å². The summed E-state index contributed by atoms with van der Waals surface area (Å²) in [6, 6.07) is 6.69. The highest BCUT2D eigenvalue weighted by Gasteiger charge is 2.10. The zero-order valence-corrected chi connectivity index (χ0v) is 11.8. The minimum atomic E-state index is -0.495. The molecule has 0 aliphatic heterocycles. The molecule has 0 spiro atoms. The fraction of sp³-hybridized carbons (Fsp3) is 0.429. The van der Waals surface area contributed by atoms with E-state index in [1.807, 2.05) is 25.9 Å². The minimum absolute atomic E-state index is 0.00580. The molecule has 5 nitrogen and oxygen atoms in total. The first-order chi connectivity index (χ1) is 8.88. The number of nitrogens with zero attached hydrogens (tertiary/aromatic N) is 1. The largest absolute Gasteiger partial charge is 0.445 e. The zero-order valence-electron chi connectivity index (χ0n) is 11.8. The number of carbonyl (C=O) groups is 2. The van der Waals surface area contributed by atoms with Crippen LogP contribution in [0.5, 0.6) is 0 Å². The van der Waals surface area contributed by atoms with Crippen molar-refractivity contribution in [3.05, 3.63) is 29.8 Å². The number of hydrogen-bond donors (Lipinski definition) is 1. The lowest BCUT2D eigenvalue weighted by Gasteiger charge is -2.17. The highest BCUT2D eigenvalue weighted by Crippen LogP contribution is 2.10. The van der Waals surface area contributed by atoms with Crippen LogP contribution in [0.1, 0.15) is 24.2 Å². The first-order valence-electron chi connectivity index (χ1n) is 6.12. The van der Waals surface area contributed by atoms with Crippen molar-refractivity contribution in [2.24, 2.45) is 0 Å². The Labute approximate surface area is 113 Å². The zero-order chi connectivity index (χ0) is 14.4. The van der Waals surface area contributed by atoms with Gasteiger partial charge in [0.15, 0.2) is 5.78 Å². The third-order valence-corrected chi connectivity index (χ3v) is 2.47. The van der Waals surface area contributed by atoms with E-state index >= 15 is 0 Å². The average Bonchev–Trinajstić information content (AvgIpc) is 2.27. The van der Waals surface area contributed by atoms with Gasteiger partial charge in [0.05, 0.1) is 0 Å². The topological polar surface area (TPSA) is 58.6 Å². The van der Waals surface area contributed by atoms with Crippen LogP contribution < -0.4 is 5.32 Å². The van der Waals surface area contributed by atoms with Crippen LogP contribution in [-0.4, -0.2) is 43.5 Å². The van der Waals surface area contributed by atoms with E-state index in [4.69, 9.17) is 4.74 Å². The molecule has 0 aliphatic carbocycles.